The second kappa shape index (κ2) is 6.30. The molecule has 3 rings (SSSR count). The van der Waals surface area contributed by atoms with Gasteiger partial charge in [0.15, 0.2) is 0 Å². The number of hydrogen-bond donors (Lipinski definition) is 0. The molecule has 0 spiro atoms. The predicted molar refractivity (Wildman–Crippen MR) is 85.8 cm³/mol. The minimum absolute atomic E-state index is 0.282. The van der Waals surface area contributed by atoms with E-state index in [1.165, 1.54) is 0 Å². The van der Waals surface area contributed by atoms with Crippen molar-refractivity contribution in [1.82, 2.24) is 0 Å². The fraction of sp³-hybridized carbons (Fsp3) is 0.400. The Kier molecular flexibility index (Phi) is 4.42. The van der Waals surface area contributed by atoms with Crippen molar-refractivity contribution in [2.45, 2.75) is 18.1 Å². The Morgan fingerprint density at radius 1 is 1.33 bits per heavy atom. The van der Waals surface area contributed by atoms with Crippen molar-refractivity contribution in [1.29, 1.82) is 0 Å². The van der Waals surface area contributed by atoms with Crippen LogP contribution in [0.15, 0.2) is 22.1 Å². The molecule has 2 heterocycles. The summed E-state index contributed by atoms with van der Waals surface area (Å²) >= 11 is 7.73. The maximum absolute atomic E-state index is 12.1. The number of carbonyl (C=O) groups excluding carboxylic acids is 1. The summed E-state index contributed by atoms with van der Waals surface area (Å²) in [5, 5.41) is 2.30. The number of halogens is 1. The molecule has 1 amide bonds. The molecule has 110 valence electrons. The maximum Gasteiger partial charge on any atom is 0.281 e. The molecule has 21 heavy (non-hydrogen) atoms. The molecule has 0 unspecified atom stereocenters. The third-order valence-electron chi connectivity index (χ3n) is 3.47. The van der Waals surface area contributed by atoms with E-state index in [2.05, 4.69) is 16.6 Å². The molecule has 1 aromatic carbocycles. The molecule has 0 N–H and O–H groups in total. The lowest BCUT2D eigenvalue weighted by Gasteiger charge is -2.21. The lowest BCUT2D eigenvalue weighted by molar-refractivity contribution is 0.0996. The Hall–Kier alpha value is -1.17. The van der Waals surface area contributed by atoms with Crippen molar-refractivity contribution in [3.8, 4) is 0 Å². The van der Waals surface area contributed by atoms with Gasteiger partial charge in [-0.2, -0.15) is 16.8 Å². The van der Waals surface area contributed by atoms with Crippen LogP contribution < -0.4 is 10.6 Å². The second-order valence-electron chi connectivity index (χ2n) is 5.03. The van der Waals surface area contributed by atoms with Crippen molar-refractivity contribution in [3.05, 3.63) is 33.3 Å². The van der Waals surface area contributed by atoms with Crippen LogP contribution in [0.25, 0.3) is 6.58 Å². The molecule has 1 saturated heterocycles. The number of thioether (sulfide) groups is 1. The SMILES string of the molecule is C=c1cc(Cl)cc2c1=NC(CSC1CCOCC1)=NC2=O. The smallest absolute Gasteiger partial charge is 0.281 e. The van der Waals surface area contributed by atoms with Gasteiger partial charge in [0.1, 0.15) is 5.84 Å². The highest BCUT2D eigenvalue weighted by Gasteiger charge is 2.19. The number of hydrogen-bond acceptors (Lipinski definition) is 4. The maximum atomic E-state index is 12.1. The first-order valence-corrected chi connectivity index (χ1v) is 8.24. The van der Waals surface area contributed by atoms with E-state index in [0.29, 0.717) is 38.0 Å². The molecule has 1 fully saturated rings. The fourth-order valence-corrected chi connectivity index (χ4v) is 3.66. The van der Waals surface area contributed by atoms with E-state index in [0.717, 1.165) is 26.1 Å². The van der Waals surface area contributed by atoms with Gasteiger partial charge in [-0.1, -0.05) is 18.2 Å². The van der Waals surface area contributed by atoms with Crippen molar-refractivity contribution in [2.75, 3.05) is 19.0 Å². The van der Waals surface area contributed by atoms with Gasteiger partial charge in [-0.3, -0.25) is 4.79 Å². The Bertz CT molecular complexity index is 711. The topological polar surface area (TPSA) is 51.0 Å². The zero-order valence-electron chi connectivity index (χ0n) is 11.5. The van der Waals surface area contributed by atoms with E-state index in [9.17, 15) is 4.79 Å². The van der Waals surface area contributed by atoms with Crippen LogP contribution in [0.1, 0.15) is 23.2 Å². The van der Waals surface area contributed by atoms with Gasteiger partial charge < -0.3 is 4.74 Å². The third-order valence-corrected chi connectivity index (χ3v) is 5.06. The van der Waals surface area contributed by atoms with Crippen LogP contribution in [0.5, 0.6) is 0 Å². The van der Waals surface area contributed by atoms with Gasteiger partial charge in [0.25, 0.3) is 5.91 Å². The van der Waals surface area contributed by atoms with Gasteiger partial charge >= 0.3 is 0 Å². The van der Waals surface area contributed by atoms with E-state index in [1.807, 2.05) is 0 Å². The molecule has 0 bridgehead atoms. The molecule has 2 aliphatic rings. The zero-order valence-corrected chi connectivity index (χ0v) is 13.0. The van der Waals surface area contributed by atoms with Crippen molar-refractivity contribution in [2.24, 2.45) is 9.98 Å². The van der Waals surface area contributed by atoms with Crippen molar-refractivity contribution < 1.29 is 9.53 Å². The van der Waals surface area contributed by atoms with Crippen LogP contribution in [0.2, 0.25) is 5.02 Å². The average molecular weight is 323 g/mol. The minimum Gasteiger partial charge on any atom is -0.381 e. The fourth-order valence-electron chi connectivity index (χ4n) is 2.38. The summed E-state index contributed by atoms with van der Waals surface area (Å²) in [6.45, 7) is 5.52. The van der Waals surface area contributed by atoms with Gasteiger partial charge in [-0.25, -0.2) is 4.99 Å². The summed E-state index contributed by atoms with van der Waals surface area (Å²) < 4.78 is 5.34. The molecule has 2 aliphatic heterocycles. The van der Waals surface area contributed by atoms with Crippen LogP contribution in [0, 0.1) is 0 Å². The van der Waals surface area contributed by atoms with Gasteiger partial charge in [-0.05, 0) is 30.2 Å². The predicted octanol–water partition coefficient (Wildman–Crippen LogP) is 1.83. The summed E-state index contributed by atoms with van der Waals surface area (Å²) in [5.74, 6) is 0.920. The molecule has 0 atom stereocenters. The first-order valence-electron chi connectivity index (χ1n) is 6.82. The van der Waals surface area contributed by atoms with Crippen LogP contribution in [0.3, 0.4) is 0 Å². The standard InChI is InChI=1S/C15H15ClN2O2S/c1-9-6-10(16)7-12-14(9)17-13(18-15(12)19)8-21-11-2-4-20-5-3-11/h6-7,11H,1-5,8H2. The number of rotatable bonds is 3. The van der Waals surface area contributed by atoms with Crippen molar-refractivity contribution >= 4 is 41.7 Å². The summed E-state index contributed by atoms with van der Waals surface area (Å²) in [5.41, 5.74) is 0.437. The van der Waals surface area contributed by atoms with E-state index >= 15 is 0 Å². The normalized spacial score (nSPS) is 18.9. The number of amidine groups is 1. The molecule has 4 nitrogen and oxygen atoms in total. The first kappa shape index (κ1) is 14.8. The number of benzene rings is 1. The number of carbonyl (C=O) groups is 1. The highest BCUT2D eigenvalue weighted by molar-refractivity contribution is 8.00. The largest absolute Gasteiger partial charge is 0.381 e. The summed E-state index contributed by atoms with van der Waals surface area (Å²) in [7, 11) is 0. The molecular weight excluding hydrogens is 308 g/mol. The number of amides is 1. The van der Waals surface area contributed by atoms with Crippen LogP contribution in [-0.2, 0) is 4.74 Å². The second-order valence-corrected chi connectivity index (χ2v) is 6.75. The molecular formula is C15H15ClN2O2S. The first-order chi connectivity index (χ1) is 10.1. The van der Waals surface area contributed by atoms with Crippen molar-refractivity contribution in [3.63, 3.8) is 0 Å². The van der Waals surface area contributed by atoms with Crippen LogP contribution in [0.4, 0.5) is 0 Å². The lowest BCUT2D eigenvalue weighted by Crippen LogP contribution is -2.34. The third kappa shape index (κ3) is 3.36. The number of ether oxygens (including phenoxy) is 1. The van der Waals surface area contributed by atoms with Gasteiger partial charge in [0.2, 0.25) is 0 Å². The van der Waals surface area contributed by atoms with E-state index in [4.69, 9.17) is 16.3 Å². The molecule has 0 aromatic heterocycles. The minimum atomic E-state index is -0.282. The Morgan fingerprint density at radius 3 is 2.86 bits per heavy atom. The molecule has 0 saturated carbocycles. The number of aliphatic imine (C=N–C) groups is 1. The number of nitrogens with zero attached hydrogens (tertiary/aromatic N) is 2. The Morgan fingerprint density at radius 2 is 2.10 bits per heavy atom. The van der Waals surface area contributed by atoms with Crippen LogP contribution in [-0.4, -0.2) is 36.0 Å². The molecule has 1 aromatic rings. The van der Waals surface area contributed by atoms with Gasteiger partial charge in [0, 0.05) is 23.5 Å². The van der Waals surface area contributed by atoms with E-state index in [1.54, 1.807) is 23.9 Å². The van der Waals surface area contributed by atoms with Crippen LogP contribution >= 0.6 is 23.4 Å². The monoisotopic (exact) mass is 322 g/mol. The summed E-state index contributed by atoms with van der Waals surface area (Å²) in [4.78, 5) is 20.6. The molecule has 0 radical (unpaired) electrons. The Balaban J connectivity index is 1.80. The average Bonchev–Trinajstić information content (AvgIpc) is 2.47. The molecule has 6 heteroatoms. The van der Waals surface area contributed by atoms with Gasteiger partial charge in [0.05, 0.1) is 16.7 Å². The van der Waals surface area contributed by atoms with E-state index < -0.39 is 0 Å². The highest BCUT2D eigenvalue weighted by atomic mass is 35.5. The molecule has 0 aliphatic carbocycles. The highest BCUT2D eigenvalue weighted by Crippen LogP contribution is 2.22. The summed E-state index contributed by atoms with van der Waals surface area (Å²) in [6.07, 6.45) is 2.08. The van der Waals surface area contributed by atoms with Gasteiger partial charge in [-0.15, -0.1) is 0 Å². The van der Waals surface area contributed by atoms with E-state index in [-0.39, 0.29) is 5.91 Å². The summed E-state index contributed by atoms with van der Waals surface area (Å²) in [6, 6.07) is 3.31. The quantitative estimate of drug-likeness (QED) is 0.853. The lowest BCUT2D eigenvalue weighted by atomic mass is 10.1. The Labute approximate surface area is 132 Å². The zero-order chi connectivity index (χ0) is 14.8. The number of fused-ring (bicyclic) bond motifs is 1.